The summed E-state index contributed by atoms with van der Waals surface area (Å²) in [5.41, 5.74) is 1.19. The lowest BCUT2D eigenvalue weighted by molar-refractivity contribution is -0.384. The van der Waals surface area contributed by atoms with Gasteiger partial charge in [-0.3, -0.25) is 14.9 Å². The van der Waals surface area contributed by atoms with Gasteiger partial charge < -0.3 is 14.8 Å². The molecule has 8 nitrogen and oxygen atoms in total. The molecular weight excluding hydrogens is 458 g/mol. The summed E-state index contributed by atoms with van der Waals surface area (Å²) in [6.07, 6.45) is 1.46. The second-order valence-electron chi connectivity index (χ2n) is 7.74. The first kappa shape index (κ1) is 24.0. The SMILES string of the molecule is COc1ccc([N+](=O)[O-])cc1NC(=O)/C(C#N)=C/c1c(OCc2ccccc2)ccc2ccccc12. The van der Waals surface area contributed by atoms with Crippen molar-refractivity contribution >= 4 is 34.1 Å². The molecule has 178 valence electrons. The van der Waals surface area contributed by atoms with Gasteiger partial charge in [-0.05, 0) is 34.5 Å². The molecule has 0 heterocycles. The Morgan fingerprint density at radius 3 is 2.47 bits per heavy atom. The van der Waals surface area contributed by atoms with Gasteiger partial charge in [0.25, 0.3) is 11.6 Å². The van der Waals surface area contributed by atoms with Crippen LogP contribution in [0.4, 0.5) is 11.4 Å². The Balaban J connectivity index is 1.72. The zero-order valence-electron chi connectivity index (χ0n) is 19.3. The van der Waals surface area contributed by atoms with Crippen LogP contribution >= 0.6 is 0 Å². The largest absolute Gasteiger partial charge is 0.495 e. The maximum Gasteiger partial charge on any atom is 0.271 e. The van der Waals surface area contributed by atoms with Gasteiger partial charge in [0.2, 0.25) is 0 Å². The zero-order valence-corrected chi connectivity index (χ0v) is 19.3. The number of nitrogens with one attached hydrogen (secondary N) is 1. The molecule has 0 aliphatic heterocycles. The Kier molecular flexibility index (Phi) is 7.22. The van der Waals surface area contributed by atoms with E-state index in [1.807, 2.05) is 66.7 Å². The fourth-order valence-electron chi connectivity index (χ4n) is 3.68. The summed E-state index contributed by atoms with van der Waals surface area (Å²) in [5, 5.41) is 25.3. The van der Waals surface area contributed by atoms with E-state index in [1.54, 1.807) is 6.07 Å². The first-order valence-corrected chi connectivity index (χ1v) is 10.9. The van der Waals surface area contributed by atoms with E-state index in [0.29, 0.717) is 17.9 Å². The summed E-state index contributed by atoms with van der Waals surface area (Å²) in [6, 6.07) is 26.7. The van der Waals surface area contributed by atoms with Crippen molar-refractivity contribution in [2.75, 3.05) is 12.4 Å². The number of benzene rings is 4. The molecule has 0 aliphatic carbocycles. The molecule has 4 aromatic carbocycles. The third kappa shape index (κ3) is 5.32. The minimum Gasteiger partial charge on any atom is -0.495 e. The monoisotopic (exact) mass is 479 g/mol. The molecule has 0 unspecified atom stereocenters. The number of nitrogens with zero attached hydrogens (tertiary/aromatic N) is 2. The summed E-state index contributed by atoms with van der Waals surface area (Å²) in [7, 11) is 1.38. The third-order valence-corrected chi connectivity index (χ3v) is 5.46. The summed E-state index contributed by atoms with van der Waals surface area (Å²) in [4.78, 5) is 23.6. The Labute approximate surface area is 207 Å². The van der Waals surface area contributed by atoms with Crippen molar-refractivity contribution in [3.8, 4) is 17.6 Å². The highest BCUT2D eigenvalue weighted by Crippen LogP contribution is 2.32. The summed E-state index contributed by atoms with van der Waals surface area (Å²) in [5.74, 6) is -0.00689. The summed E-state index contributed by atoms with van der Waals surface area (Å²) >= 11 is 0. The molecule has 0 fully saturated rings. The van der Waals surface area contributed by atoms with Crippen LogP contribution in [-0.4, -0.2) is 17.9 Å². The van der Waals surface area contributed by atoms with Gasteiger partial charge in [0.05, 0.1) is 17.7 Å². The molecule has 4 rings (SSSR count). The Morgan fingerprint density at radius 1 is 1.03 bits per heavy atom. The summed E-state index contributed by atoms with van der Waals surface area (Å²) in [6.45, 7) is 0.305. The molecular formula is C28H21N3O5. The van der Waals surface area contributed by atoms with Crippen LogP contribution in [0.5, 0.6) is 11.5 Å². The number of nitriles is 1. The highest BCUT2D eigenvalue weighted by atomic mass is 16.6. The fraction of sp³-hybridized carbons (Fsp3) is 0.0714. The van der Waals surface area contributed by atoms with Gasteiger partial charge in [0, 0.05) is 17.7 Å². The van der Waals surface area contributed by atoms with E-state index in [4.69, 9.17) is 9.47 Å². The van der Waals surface area contributed by atoms with Gasteiger partial charge >= 0.3 is 0 Å². The second kappa shape index (κ2) is 10.8. The van der Waals surface area contributed by atoms with E-state index in [2.05, 4.69) is 5.32 Å². The van der Waals surface area contributed by atoms with Crippen LogP contribution in [0.1, 0.15) is 11.1 Å². The normalized spacial score (nSPS) is 10.9. The lowest BCUT2D eigenvalue weighted by Gasteiger charge is -2.13. The van der Waals surface area contributed by atoms with E-state index in [1.165, 1.54) is 31.4 Å². The molecule has 0 bridgehead atoms. The highest BCUT2D eigenvalue weighted by Gasteiger charge is 2.18. The maximum atomic E-state index is 13.1. The van der Waals surface area contributed by atoms with Crippen molar-refractivity contribution in [3.63, 3.8) is 0 Å². The minimum atomic E-state index is -0.738. The van der Waals surface area contributed by atoms with Crippen molar-refractivity contribution in [2.45, 2.75) is 6.61 Å². The second-order valence-corrected chi connectivity index (χ2v) is 7.74. The zero-order chi connectivity index (χ0) is 25.5. The standard InChI is InChI=1S/C28H21N3O5/c1-35-27-14-12-22(31(33)34)16-25(27)30-28(32)21(17-29)15-24-23-10-6-5-9-20(23)11-13-26(24)36-18-19-7-3-2-4-8-19/h2-16H,18H2,1H3,(H,30,32)/b21-15+. The van der Waals surface area contributed by atoms with Crippen molar-refractivity contribution in [3.05, 3.63) is 112 Å². The number of anilines is 1. The molecule has 4 aromatic rings. The number of non-ortho nitro benzene ring substituents is 1. The molecule has 0 spiro atoms. The van der Waals surface area contributed by atoms with Crippen molar-refractivity contribution in [1.29, 1.82) is 5.26 Å². The van der Waals surface area contributed by atoms with Crippen LogP contribution in [0.15, 0.2) is 90.5 Å². The molecule has 0 atom stereocenters. The van der Waals surface area contributed by atoms with Gasteiger partial charge in [-0.2, -0.15) is 5.26 Å². The number of hydrogen-bond donors (Lipinski definition) is 1. The number of hydrogen-bond acceptors (Lipinski definition) is 6. The van der Waals surface area contributed by atoms with Gasteiger partial charge in [0.1, 0.15) is 29.7 Å². The van der Waals surface area contributed by atoms with Crippen molar-refractivity contribution in [2.24, 2.45) is 0 Å². The van der Waals surface area contributed by atoms with Crippen LogP contribution in [0.3, 0.4) is 0 Å². The van der Waals surface area contributed by atoms with E-state index in [9.17, 15) is 20.2 Å². The Bertz CT molecular complexity index is 1510. The molecule has 0 radical (unpaired) electrons. The molecule has 1 N–H and O–H groups in total. The van der Waals surface area contributed by atoms with Crippen LogP contribution in [0.25, 0.3) is 16.8 Å². The first-order chi connectivity index (χ1) is 17.5. The third-order valence-electron chi connectivity index (χ3n) is 5.46. The number of nitro benzene ring substituents is 1. The van der Waals surface area contributed by atoms with Crippen LogP contribution in [-0.2, 0) is 11.4 Å². The molecule has 8 heteroatoms. The molecule has 36 heavy (non-hydrogen) atoms. The van der Waals surface area contributed by atoms with Gasteiger partial charge in [0.15, 0.2) is 0 Å². The highest BCUT2D eigenvalue weighted by molar-refractivity contribution is 6.11. The molecule has 0 saturated carbocycles. The van der Waals surface area contributed by atoms with Gasteiger partial charge in [-0.1, -0.05) is 60.7 Å². The quantitative estimate of drug-likeness (QED) is 0.146. The topological polar surface area (TPSA) is 114 Å². The molecule has 0 saturated heterocycles. The number of nitro groups is 1. The number of methoxy groups -OCH3 is 1. The van der Waals surface area contributed by atoms with Crippen LogP contribution in [0, 0.1) is 21.4 Å². The van der Waals surface area contributed by atoms with E-state index >= 15 is 0 Å². The smallest absolute Gasteiger partial charge is 0.271 e. The molecule has 1 amide bonds. The number of amides is 1. The van der Waals surface area contributed by atoms with Crippen LogP contribution < -0.4 is 14.8 Å². The van der Waals surface area contributed by atoms with E-state index in [0.717, 1.165) is 16.3 Å². The Morgan fingerprint density at radius 2 is 1.75 bits per heavy atom. The maximum absolute atomic E-state index is 13.1. The van der Waals surface area contributed by atoms with Crippen LogP contribution in [0.2, 0.25) is 0 Å². The van der Waals surface area contributed by atoms with Crippen molar-refractivity contribution < 1.29 is 19.2 Å². The summed E-state index contributed by atoms with van der Waals surface area (Å²) < 4.78 is 11.3. The average Bonchev–Trinajstić information content (AvgIpc) is 2.91. The lowest BCUT2D eigenvalue weighted by Crippen LogP contribution is -2.14. The minimum absolute atomic E-state index is 0.0799. The van der Waals surface area contributed by atoms with Gasteiger partial charge in [-0.25, -0.2) is 0 Å². The fourth-order valence-corrected chi connectivity index (χ4v) is 3.68. The van der Waals surface area contributed by atoms with Crippen molar-refractivity contribution in [1.82, 2.24) is 0 Å². The Hall–Kier alpha value is -5.16. The van der Waals surface area contributed by atoms with E-state index in [-0.39, 0.29) is 22.7 Å². The predicted molar refractivity (Wildman–Crippen MR) is 137 cm³/mol. The molecule has 0 aromatic heterocycles. The number of rotatable bonds is 8. The molecule has 0 aliphatic rings. The number of fused-ring (bicyclic) bond motifs is 1. The number of carbonyl (C=O) groups is 1. The number of carbonyl (C=O) groups excluding carboxylic acids is 1. The van der Waals surface area contributed by atoms with Gasteiger partial charge in [-0.15, -0.1) is 0 Å². The lowest BCUT2D eigenvalue weighted by atomic mass is 10.0. The van der Waals surface area contributed by atoms with E-state index < -0.39 is 10.8 Å². The number of ether oxygens (including phenoxy) is 2. The average molecular weight is 479 g/mol. The predicted octanol–water partition coefficient (Wildman–Crippen LogP) is 5.88. The first-order valence-electron chi connectivity index (χ1n) is 10.9.